The predicted molar refractivity (Wildman–Crippen MR) is 77.9 cm³/mol. The maximum Gasteiger partial charge on any atom is 0.274 e. The molecule has 21 heavy (non-hydrogen) atoms. The summed E-state index contributed by atoms with van der Waals surface area (Å²) in [5.41, 5.74) is 0.789. The largest absolute Gasteiger partial charge is 0.447 e. The first-order valence-electron chi connectivity index (χ1n) is 6.78. The lowest BCUT2D eigenvalue weighted by atomic mass is 10.4. The van der Waals surface area contributed by atoms with Crippen LogP contribution >= 0.6 is 0 Å². The van der Waals surface area contributed by atoms with Crippen LogP contribution in [0.3, 0.4) is 0 Å². The molecule has 2 heterocycles. The second-order valence-electron chi connectivity index (χ2n) is 4.74. The third-order valence-electron chi connectivity index (χ3n) is 2.85. The number of nitrogens with zero attached hydrogens (tertiary/aromatic N) is 2. The van der Waals surface area contributed by atoms with Crippen LogP contribution in [0.2, 0.25) is 0 Å². The molecule has 2 aromatic rings. The van der Waals surface area contributed by atoms with Gasteiger partial charge in [-0.15, -0.1) is 0 Å². The van der Waals surface area contributed by atoms with Crippen molar-refractivity contribution in [3.05, 3.63) is 35.9 Å². The Balaban J connectivity index is 1.95. The van der Waals surface area contributed by atoms with Gasteiger partial charge >= 0.3 is 0 Å². The summed E-state index contributed by atoms with van der Waals surface area (Å²) in [6.07, 6.45) is 4.38. The number of furan rings is 1. The van der Waals surface area contributed by atoms with Crippen molar-refractivity contribution in [1.29, 1.82) is 0 Å². The molecule has 0 aliphatic rings. The Bertz CT molecular complexity index is 675. The minimum absolute atomic E-state index is 0.0697. The Labute approximate surface area is 124 Å². The van der Waals surface area contributed by atoms with Crippen LogP contribution in [-0.4, -0.2) is 24.7 Å². The molecular formula is C13H20N4O3S. The molecule has 0 amide bonds. The van der Waals surface area contributed by atoms with Crippen molar-refractivity contribution in [2.24, 2.45) is 7.05 Å². The molecule has 7 nitrogen and oxygen atoms in total. The van der Waals surface area contributed by atoms with Gasteiger partial charge in [-0.2, -0.15) is 5.10 Å². The zero-order valence-corrected chi connectivity index (χ0v) is 13.0. The van der Waals surface area contributed by atoms with Crippen LogP contribution in [0.1, 0.15) is 24.7 Å². The standard InChI is InChI=1S/C13H20N4O3S/c1-3-6-14-9-12-4-5-13(20-12)21(18,19)16-8-11-7-15-17(2)10-11/h4-5,7,10,14,16H,3,6,8-9H2,1-2H3. The lowest BCUT2D eigenvalue weighted by Gasteiger charge is -2.03. The van der Waals surface area contributed by atoms with E-state index in [-0.39, 0.29) is 11.6 Å². The average Bonchev–Trinajstić information content (AvgIpc) is 3.06. The van der Waals surface area contributed by atoms with E-state index in [1.165, 1.54) is 6.07 Å². The van der Waals surface area contributed by atoms with Crippen LogP contribution in [0.5, 0.6) is 0 Å². The van der Waals surface area contributed by atoms with Gasteiger partial charge in [-0.1, -0.05) is 6.92 Å². The van der Waals surface area contributed by atoms with Crippen LogP contribution in [0.25, 0.3) is 0 Å². The van der Waals surface area contributed by atoms with Gasteiger partial charge in [-0.05, 0) is 25.1 Å². The van der Waals surface area contributed by atoms with Gasteiger partial charge in [0.1, 0.15) is 5.76 Å². The van der Waals surface area contributed by atoms with Crippen LogP contribution in [-0.2, 0) is 30.2 Å². The molecule has 0 unspecified atom stereocenters. The molecule has 2 rings (SSSR count). The Morgan fingerprint density at radius 3 is 2.81 bits per heavy atom. The predicted octanol–water partition coefficient (Wildman–Crippen LogP) is 0.991. The van der Waals surface area contributed by atoms with Gasteiger partial charge in [0.15, 0.2) is 0 Å². The lowest BCUT2D eigenvalue weighted by Crippen LogP contribution is -2.22. The summed E-state index contributed by atoms with van der Waals surface area (Å²) in [4.78, 5) is 0. The molecule has 0 saturated heterocycles. The number of sulfonamides is 1. The van der Waals surface area contributed by atoms with E-state index in [1.807, 2.05) is 0 Å². The molecule has 2 N–H and O–H groups in total. The van der Waals surface area contributed by atoms with Crippen LogP contribution in [0, 0.1) is 0 Å². The highest BCUT2D eigenvalue weighted by atomic mass is 32.2. The van der Waals surface area contributed by atoms with E-state index in [4.69, 9.17) is 4.42 Å². The molecule has 0 aromatic carbocycles. The Morgan fingerprint density at radius 1 is 1.33 bits per heavy atom. The highest BCUT2D eigenvalue weighted by Gasteiger charge is 2.18. The molecular weight excluding hydrogens is 292 g/mol. The Kier molecular flexibility index (Phi) is 5.16. The fourth-order valence-electron chi connectivity index (χ4n) is 1.80. The van der Waals surface area contributed by atoms with Crippen molar-refractivity contribution in [2.45, 2.75) is 31.5 Å². The average molecular weight is 312 g/mol. The summed E-state index contributed by atoms with van der Waals surface area (Å²) in [7, 11) is -1.86. The first-order valence-corrected chi connectivity index (χ1v) is 8.26. The number of rotatable bonds is 8. The zero-order valence-electron chi connectivity index (χ0n) is 12.2. The molecule has 0 spiro atoms. The fraction of sp³-hybridized carbons (Fsp3) is 0.462. The minimum Gasteiger partial charge on any atom is -0.447 e. The molecule has 0 atom stereocenters. The summed E-state index contributed by atoms with van der Waals surface area (Å²) in [5, 5.41) is 7.07. The normalized spacial score (nSPS) is 11.9. The van der Waals surface area contributed by atoms with E-state index in [0.717, 1.165) is 18.5 Å². The van der Waals surface area contributed by atoms with E-state index in [0.29, 0.717) is 12.3 Å². The molecule has 0 saturated carbocycles. The lowest BCUT2D eigenvalue weighted by molar-refractivity contribution is 0.400. The molecule has 0 bridgehead atoms. The Morgan fingerprint density at radius 2 is 2.14 bits per heavy atom. The molecule has 116 valence electrons. The van der Waals surface area contributed by atoms with E-state index in [1.54, 1.807) is 30.2 Å². The highest BCUT2D eigenvalue weighted by molar-refractivity contribution is 7.89. The molecule has 8 heteroatoms. The van der Waals surface area contributed by atoms with Gasteiger partial charge in [0.25, 0.3) is 10.0 Å². The van der Waals surface area contributed by atoms with E-state index < -0.39 is 10.0 Å². The van der Waals surface area contributed by atoms with Gasteiger partial charge < -0.3 is 9.73 Å². The van der Waals surface area contributed by atoms with Crippen LogP contribution in [0.4, 0.5) is 0 Å². The smallest absolute Gasteiger partial charge is 0.274 e. The summed E-state index contributed by atoms with van der Waals surface area (Å²) >= 11 is 0. The molecule has 2 aromatic heterocycles. The van der Waals surface area contributed by atoms with E-state index >= 15 is 0 Å². The van der Waals surface area contributed by atoms with Crippen molar-refractivity contribution < 1.29 is 12.8 Å². The molecule has 0 aliphatic carbocycles. The van der Waals surface area contributed by atoms with Gasteiger partial charge in [0.2, 0.25) is 5.09 Å². The first kappa shape index (κ1) is 15.7. The second-order valence-corrected chi connectivity index (χ2v) is 6.44. The van der Waals surface area contributed by atoms with Gasteiger partial charge in [-0.25, -0.2) is 13.1 Å². The van der Waals surface area contributed by atoms with Gasteiger partial charge in [0.05, 0.1) is 12.7 Å². The second kappa shape index (κ2) is 6.88. The third-order valence-corrected chi connectivity index (χ3v) is 4.13. The van der Waals surface area contributed by atoms with Crippen molar-refractivity contribution >= 4 is 10.0 Å². The van der Waals surface area contributed by atoms with Crippen molar-refractivity contribution in [3.63, 3.8) is 0 Å². The number of aromatic nitrogens is 2. The third kappa shape index (κ3) is 4.42. The van der Waals surface area contributed by atoms with Crippen molar-refractivity contribution in [2.75, 3.05) is 6.54 Å². The first-order chi connectivity index (χ1) is 10.0. The van der Waals surface area contributed by atoms with Crippen LogP contribution < -0.4 is 10.0 Å². The summed E-state index contributed by atoms with van der Waals surface area (Å²) in [6, 6.07) is 3.13. The number of hydrogen-bond donors (Lipinski definition) is 2. The summed E-state index contributed by atoms with van der Waals surface area (Å²) < 4.78 is 33.7. The van der Waals surface area contributed by atoms with Crippen molar-refractivity contribution in [1.82, 2.24) is 19.8 Å². The topological polar surface area (TPSA) is 89.2 Å². The SMILES string of the molecule is CCCNCc1ccc(S(=O)(=O)NCc2cnn(C)c2)o1. The molecule has 0 aliphatic heterocycles. The van der Waals surface area contributed by atoms with Crippen molar-refractivity contribution in [3.8, 4) is 0 Å². The van der Waals surface area contributed by atoms with Gasteiger partial charge in [0, 0.05) is 25.4 Å². The summed E-state index contributed by atoms with van der Waals surface area (Å²) in [6.45, 7) is 3.63. The highest BCUT2D eigenvalue weighted by Crippen LogP contribution is 2.14. The molecule has 0 fully saturated rings. The summed E-state index contributed by atoms with van der Waals surface area (Å²) in [5.74, 6) is 0.602. The van der Waals surface area contributed by atoms with Gasteiger partial charge in [-0.3, -0.25) is 4.68 Å². The fourth-order valence-corrected chi connectivity index (χ4v) is 2.76. The number of nitrogens with one attached hydrogen (secondary N) is 2. The maximum atomic E-state index is 12.1. The van der Waals surface area contributed by atoms with E-state index in [9.17, 15) is 8.42 Å². The number of hydrogen-bond acceptors (Lipinski definition) is 5. The Hall–Kier alpha value is -1.64. The molecule has 0 radical (unpaired) electrons. The zero-order chi connectivity index (χ0) is 15.3. The quantitative estimate of drug-likeness (QED) is 0.710. The minimum atomic E-state index is -3.64. The maximum absolute atomic E-state index is 12.1. The number of aryl methyl sites for hydroxylation is 1. The van der Waals surface area contributed by atoms with E-state index in [2.05, 4.69) is 22.1 Å². The monoisotopic (exact) mass is 312 g/mol. The van der Waals surface area contributed by atoms with Crippen LogP contribution in [0.15, 0.2) is 34.0 Å².